The number of hydrogen-bond donors (Lipinski definition) is 1. The molecule has 13 heteroatoms. The van der Waals surface area contributed by atoms with Crippen molar-refractivity contribution in [3.63, 3.8) is 0 Å². The van der Waals surface area contributed by atoms with Crippen LogP contribution in [0.4, 0.5) is 0 Å². The number of benzene rings is 2. The Hall–Kier alpha value is -5.66. The number of nitrogens with one attached hydrogen (secondary N) is 1. The third kappa shape index (κ3) is 7.93. The van der Waals surface area contributed by atoms with Crippen LogP contribution in [0.2, 0.25) is 0 Å². The van der Waals surface area contributed by atoms with E-state index in [1.807, 2.05) is 24.7 Å². The number of likely N-dealkylation sites (tertiary alicyclic amines) is 1. The number of ether oxygens (including phenoxy) is 3. The molecule has 3 amide bonds. The van der Waals surface area contributed by atoms with Crippen LogP contribution < -0.4 is 14.8 Å². The van der Waals surface area contributed by atoms with Gasteiger partial charge in [-0.15, -0.1) is 0 Å². The van der Waals surface area contributed by atoms with Crippen molar-refractivity contribution in [2.24, 2.45) is 12.5 Å². The topological polar surface area (TPSA) is 145 Å². The molecule has 1 atom stereocenters. The van der Waals surface area contributed by atoms with Gasteiger partial charge in [-0.25, -0.2) is 4.98 Å². The standard InChI is InChI=1S/C45H50N6O7/c1-46-42(53)39(8-7-18-52)51-43(54)35-13-11-32(23-36(35)44(51)55)57-21-6-5-20-56-19-4-3-17-50-28-45(29-50)24-33(25-45)58-41-14-10-31(26-48-41)30-9-12-34-37-27-47-16-15-38(37)49(2)40(34)22-30/h9-16,18,22-23,26-27,33,39H,3-8,17,19-21,24-25,28-29H2,1-2H3,(H,46,53). The number of fused-ring (bicyclic) bond motifs is 4. The zero-order chi connectivity index (χ0) is 40.2. The highest BCUT2D eigenvalue weighted by Gasteiger charge is 2.53. The van der Waals surface area contributed by atoms with Crippen LogP contribution in [0.5, 0.6) is 11.6 Å². The molecule has 0 radical (unpaired) electrons. The summed E-state index contributed by atoms with van der Waals surface area (Å²) in [4.78, 5) is 61.8. The maximum atomic E-state index is 13.1. The number of amides is 3. The van der Waals surface area contributed by atoms with E-state index in [-0.39, 0.29) is 30.1 Å². The monoisotopic (exact) mass is 786 g/mol. The summed E-state index contributed by atoms with van der Waals surface area (Å²) in [6.07, 6.45) is 12.6. The van der Waals surface area contributed by atoms with Crippen molar-refractivity contribution >= 4 is 45.8 Å². The Morgan fingerprint density at radius 3 is 2.45 bits per heavy atom. The van der Waals surface area contributed by atoms with Crippen LogP contribution in [0, 0.1) is 5.41 Å². The van der Waals surface area contributed by atoms with Gasteiger partial charge in [0.25, 0.3) is 11.8 Å². The number of hydrogen-bond acceptors (Lipinski definition) is 10. The summed E-state index contributed by atoms with van der Waals surface area (Å²) in [6, 6.07) is 16.4. The number of pyridine rings is 2. The molecule has 8 rings (SSSR count). The highest BCUT2D eigenvalue weighted by atomic mass is 16.5. The summed E-state index contributed by atoms with van der Waals surface area (Å²) < 4.78 is 20.2. The van der Waals surface area contributed by atoms with Gasteiger partial charge in [-0.1, -0.05) is 12.1 Å². The molecule has 1 N–H and O–H groups in total. The molecule has 1 saturated carbocycles. The fourth-order valence-electron chi connectivity index (χ4n) is 8.85. The van der Waals surface area contributed by atoms with Gasteiger partial charge < -0.3 is 33.8 Å². The van der Waals surface area contributed by atoms with Gasteiger partial charge in [-0.2, -0.15) is 0 Å². The number of rotatable bonds is 19. The second kappa shape index (κ2) is 17.1. The Morgan fingerprint density at radius 1 is 0.897 bits per heavy atom. The second-order valence-electron chi connectivity index (χ2n) is 15.9. The number of carbonyl (C=O) groups excluding carboxylic acids is 4. The molecular weight excluding hydrogens is 737 g/mol. The van der Waals surface area contributed by atoms with E-state index in [2.05, 4.69) is 62.1 Å². The minimum Gasteiger partial charge on any atom is -0.494 e. The molecule has 2 fully saturated rings. The van der Waals surface area contributed by atoms with Gasteiger partial charge in [0.2, 0.25) is 11.8 Å². The minimum absolute atomic E-state index is 0.0583. The largest absolute Gasteiger partial charge is 0.494 e. The van der Waals surface area contributed by atoms with Crippen LogP contribution in [-0.2, 0) is 21.4 Å². The zero-order valence-electron chi connectivity index (χ0n) is 33.2. The smallest absolute Gasteiger partial charge is 0.262 e. The van der Waals surface area contributed by atoms with E-state index >= 15 is 0 Å². The van der Waals surface area contributed by atoms with Crippen molar-refractivity contribution in [2.75, 3.05) is 46.5 Å². The van der Waals surface area contributed by atoms with E-state index in [0.29, 0.717) is 36.5 Å². The molecule has 1 unspecified atom stereocenters. The first-order chi connectivity index (χ1) is 28.3. The molecule has 1 saturated heterocycles. The third-order valence-electron chi connectivity index (χ3n) is 11.9. The first-order valence-corrected chi connectivity index (χ1v) is 20.3. The Balaban J connectivity index is 0.672. The highest BCUT2D eigenvalue weighted by Crippen LogP contribution is 2.49. The Bertz CT molecular complexity index is 2310. The molecule has 3 aliphatic rings. The molecule has 13 nitrogen and oxygen atoms in total. The van der Waals surface area contributed by atoms with Crippen molar-refractivity contribution in [1.82, 2.24) is 29.7 Å². The maximum absolute atomic E-state index is 13.1. The number of aromatic nitrogens is 3. The first kappa shape index (κ1) is 39.2. The quantitative estimate of drug-likeness (QED) is 0.0603. The van der Waals surface area contributed by atoms with Crippen molar-refractivity contribution in [1.29, 1.82) is 0 Å². The minimum atomic E-state index is -1.05. The first-order valence-electron chi connectivity index (χ1n) is 20.3. The Morgan fingerprint density at radius 2 is 1.67 bits per heavy atom. The number of aldehydes is 1. The average molecular weight is 787 g/mol. The summed E-state index contributed by atoms with van der Waals surface area (Å²) >= 11 is 0. The lowest BCUT2D eigenvalue weighted by Gasteiger charge is -2.58. The lowest BCUT2D eigenvalue weighted by molar-refractivity contribution is -0.124. The van der Waals surface area contributed by atoms with Gasteiger partial charge in [-0.05, 0) is 93.5 Å². The Labute approximate surface area is 337 Å². The number of likely N-dealkylation sites (N-methyl/N-ethyl adjacent to an activating group) is 1. The average Bonchev–Trinajstić information content (AvgIpc) is 3.64. The van der Waals surface area contributed by atoms with Crippen LogP contribution in [0.1, 0.15) is 72.1 Å². The lowest BCUT2D eigenvalue weighted by atomic mass is 9.61. The van der Waals surface area contributed by atoms with Crippen molar-refractivity contribution < 1.29 is 33.4 Å². The molecular formula is C45H50N6O7. The number of nitrogens with zero attached hydrogens (tertiary/aromatic N) is 5. The number of aryl methyl sites for hydroxylation is 1. The van der Waals surface area contributed by atoms with E-state index < -0.39 is 23.8 Å². The zero-order valence-corrected chi connectivity index (χ0v) is 33.2. The molecule has 302 valence electrons. The molecule has 5 heterocycles. The fourth-order valence-corrected chi connectivity index (χ4v) is 8.85. The summed E-state index contributed by atoms with van der Waals surface area (Å²) in [7, 11) is 3.53. The Kier molecular flexibility index (Phi) is 11.5. The maximum Gasteiger partial charge on any atom is 0.262 e. The van der Waals surface area contributed by atoms with E-state index in [1.54, 1.807) is 18.2 Å². The van der Waals surface area contributed by atoms with E-state index in [0.717, 1.165) is 86.2 Å². The van der Waals surface area contributed by atoms with E-state index in [1.165, 1.54) is 23.5 Å². The van der Waals surface area contributed by atoms with Crippen molar-refractivity contribution in [3.8, 4) is 22.8 Å². The van der Waals surface area contributed by atoms with E-state index in [9.17, 15) is 19.2 Å². The van der Waals surface area contributed by atoms with Crippen LogP contribution in [0.15, 0.2) is 73.2 Å². The number of imide groups is 1. The molecule has 3 aromatic heterocycles. The van der Waals surface area contributed by atoms with Gasteiger partial charge in [0.05, 0.1) is 23.3 Å². The lowest BCUT2D eigenvalue weighted by Crippen LogP contribution is -2.64. The molecule has 1 aliphatic carbocycles. The second-order valence-corrected chi connectivity index (χ2v) is 15.9. The predicted octanol–water partition coefficient (Wildman–Crippen LogP) is 5.98. The van der Waals surface area contributed by atoms with Gasteiger partial charge in [0.1, 0.15) is 24.2 Å². The van der Waals surface area contributed by atoms with Gasteiger partial charge >= 0.3 is 0 Å². The number of unbranched alkanes of at least 4 members (excludes halogenated alkanes) is 2. The predicted molar refractivity (Wildman–Crippen MR) is 219 cm³/mol. The summed E-state index contributed by atoms with van der Waals surface area (Å²) in [5.41, 5.74) is 5.37. The summed E-state index contributed by atoms with van der Waals surface area (Å²) in [6.45, 7) is 5.20. The van der Waals surface area contributed by atoms with Crippen molar-refractivity contribution in [2.45, 2.75) is 63.5 Å². The van der Waals surface area contributed by atoms with E-state index in [4.69, 9.17) is 14.2 Å². The SMILES string of the molecule is CNC(=O)C(CCC=O)N1C(=O)c2ccc(OCCCCOCCCCN3CC4(CC(Oc5ccc(-c6ccc7c8cnccc8n(C)c7c6)cn5)C4)C3)cc2C1=O. The van der Waals surface area contributed by atoms with Crippen LogP contribution in [0.25, 0.3) is 32.9 Å². The van der Waals surface area contributed by atoms with Crippen LogP contribution in [0.3, 0.4) is 0 Å². The number of carbonyl (C=O) groups is 4. The molecule has 2 aliphatic heterocycles. The fraction of sp³-hybridized carbons (Fsp3) is 0.422. The van der Waals surface area contributed by atoms with Gasteiger partial charge in [0.15, 0.2) is 0 Å². The van der Waals surface area contributed by atoms with Crippen molar-refractivity contribution in [3.05, 3.63) is 84.3 Å². The molecule has 0 bridgehead atoms. The molecule has 58 heavy (non-hydrogen) atoms. The summed E-state index contributed by atoms with van der Waals surface area (Å²) in [5, 5.41) is 4.84. The molecule has 2 aromatic carbocycles. The van der Waals surface area contributed by atoms with Gasteiger partial charge in [0, 0.05) is 98.7 Å². The third-order valence-corrected chi connectivity index (χ3v) is 11.9. The normalized spacial score (nSPS) is 16.7. The summed E-state index contributed by atoms with van der Waals surface area (Å²) in [5.74, 6) is -0.420. The highest BCUT2D eigenvalue weighted by molar-refractivity contribution is 6.23. The molecule has 1 spiro atoms. The molecule has 5 aromatic rings. The van der Waals surface area contributed by atoms with Crippen LogP contribution in [-0.4, -0.2) is 107 Å². The van der Waals surface area contributed by atoms with Gasteiger partial charge in [-0.3, -0.25) is 24.3 Å². The van der Waals surface area contributed by atoms with Crippen LogP contribution >= 0.6 is 0 Å².